The summed E-state index contributed by atoms with van der Waals surface area (Å²) in [5.74, 6) is 1.30. The summed E-state index contributed by atoms with van der Waals surface area (Å²) >= 11 is 0. The average Bonchev–Trinajstić information content (AvgIpc) is 3.12. The van der Waals surface area contributed by atoms with Gasteiger partial charge in [-0.15, -0.1) is 0 Å². The molecule has 0 aliphatic carbocycles. The normalized spacial score (nSPS) is 11.4. The molecule has 0 unspecified atom stereocenters. The number of nitrogens with zero attached hydrogens (tertiary/aromatic N) is 5. The number of fused-ring (bicyclic) bond motifs is 1. The van der Waals surface area contributed by atoms with Crippen LogP contribution in [0.5, 0.6) is 0 Å². The number of hydrogen-bond donors (Lipinski definition) is 1. The highest BCUT2D eigenvalue weighted by atomic mass is 15.3. The van der Waals surface area contributed by atoms with Crippen LogP contribution in [0.2, 0.25) is 0 Å². The molecule has 1 N–H and O–H groups in total. The van der Waals surface area contributed by atoms with E-state index < -0.39 is 0 Å². The van der Waals surface area contributed by atoms with Crippen molar-refractivity contribution in [1.82, 2.24) is 24.4 Å². The van der Waals surface area contributed by atoms with Crippen molar-refractivity contribution in [2.75, 3.05) is 11.9 Å². The Morgan fingerprint density at radius 2 is 2.14 bits per heavy atom. The van der Waals surface area contributed by atoms with E-state index in [0.717, 1.165) is 36.5 Å². The summed E-state index contributed by atoms with van der Waals surface area (Å²) in [6, 6.07) is 4.04. The Kier molecular flexibility index (Phi) is 3.85. The highest BCUT2D eigenvalue weighted by molar-refractivity contribution is 5.67. The van der Waals surface area contributed by atoms with Gasteiger partial charge in [0, 0.05) is 37.9 Å². The SMILES string of the molecule is CC(C)c1cc2c(NCCCn3cccn3)nccn2n1. The van der Waals surface area contributed by atoms with Gasteiger partial charge < -0.3 is 5.32 Å². The number of anilines is 1. The number of rotatable bonds is 6. The Hall–Kier alpha value is -2.37. The van der Waals surface area contributed by atoms with Crippen molar-refractivity contribution in [3.8, 4) is 0 Å². The summed E-state index contributed by atoms with van der Waals surface area (Å²) in [7, 11) is 0. The largest absolute Gasteiger partial charge is 0.368 e. The molecule has 0 fully saturated rings. The smallest absolute Gasteiger partial charge is 0.152 e. The molecule has 21 heavy (non-hydrogen) atoms. The van der Waals surface area contributed by atoms with Gasteiger partial charge in [-0.1, -0.05) is 13.8 Å². The van der Waals surface area contributed by atoms with Crippen molar-refractivity contribution in [3.05, 3.63) is 42.6 Å². The molecule has 0 amide bonds. The molecule has 0 radical (unpaired) electrons. The van der Waals surface area contributed by atoms with E-state index in [1.54, 1.807) is 12.4 Å². The molecule has 0 spiro atoms. The Morgan fingerprint density at radius 1 is 1.24 bits per heavy atom. The summed E-state index contributed by atoms with van der Waals surface area (Å²) in [4.78, 5) is 4.42. The van der Waals surface area contributed by atoms with E-state index in [2.05, 4.69) is 40.4 Å². The molecule has 3 aromatic heterocycles. The Balaban J connectivity index is 1.66. The molecule has 0 aliphatic heterocycles. The van der Waals surface area contributed by atoms with Crippen molar-refractivity contribution in [2.24, 2.45) is 0 Å². The van der Waals surface area contributed by atoms with E-state index in [0.29, 0.717) is 5.92 Å². The first-order valence-electron chi connectivity index (χ1n) is 7.29. The highest BCUT2D eigenvalue weighted by Gasteiger charge is 2.09. The van der Waals surface area contributed by atoms with Crippen molar-refractivity contribution < 1.29 is 0 Å². The zero-order valence-corrected chi connectivity index (χ0v) is 12.4. The van der Waals surface area contributed by atoms with Crippen molar-refractivity contribution in [1.29, 1.82) is 0 Å². The molecule has 3 rings (SSSR count). The minimum Gasteiger partial charge on any atom is -0.368 e. The maximum atomic E-state index is 4.56. The van der Waals surface area contributed by atoms with Gasteiger partial charge in [0.05, 0.1) is 5.69 Å². The first-order valence-corrected chi connectivity index (χ1v) is 7.29. The van der Waals surface area contributed by atoms with Crippen LogP contribution in [-0.2, 0) is 6.54 Å². The van der Waals surface area contributed by atoms with E-state index in [4.69, 9.17) is 0 Å². The van der Waals surface area contributed by atoms with E-state index in [9.17, 15) is 0 Å². The Labute approximate surface area is 123 Å². The number of nitrogens with one attached hydrogen (secondary N) is 1. The van der Waals surface area contributed by atoms with Crippen LogP contribution in [0.25, 0.3) is 5.52 Å². The lowest BCUT2D eigenvalue weighted by molar-refractivity contribution is 0.591. The van der Waals surface area contributed by atoms with Crippen LogP contribution in [0, 0.1) is 0 Å². The van der Waals surface area contributed by atoms with Crippen LogP contribution in [0.4, 0.5) is 5.82 Å². The third-order valence-corrected chi connectivity index (χ3v) is 3.42. The average molecular weight is 284 g/mol. The molecular weight excluding hydrogens is 264 g/mol. The van der Waals surface area contributed by atoms with Crippen LogP contribution in [0.15, 0.2) is 36.9 Å². The molecule has 6 nitrogen and oxygen atoms in total. The fourth-order valence-corrected chi connectivity index (χ4v) is 2.24. The first kappa shape index (κ1) is 13.6. The molecular formula is C15H20N6. The van der Waals surface area contributed by atoms with E-state index in [1.807, 2.05) is 27.7 Å². The first-order chi connectivity index (χ1) is 10.2. The standard InChI is InChI=1S/C15H20N6/c1-12(2)13-11-14-15(17-7-10-21(14)19-13)16-5-3-8-20-9-4-6-18-20/h4,6-7,9-12H,3,5,8H2,1-2H3,(H,16,17). The van der Waals surface area contributed by atoms with Gasteiger partial charge in [-0.25, -0.2) is 9.50 Å². The molecule has 0 bridgehead atoms. The highest BCUT2D eigenvalue weighted by Crippen LogP contribution is 2.19. The summed E-state index contributed by atoms with van der Waals surface area (Å²) in [6.45, 7) is 6.05. The number of hydrogen-bond acceptors (Lipinski definition) is 4. The Bertz CT molecular complexity index is 698. The fraction of sp³-hybridized carbons (Fsp3) is 0.400. The van der Waals surface area contributed by atoms with Crippen LogP contribution in [-0.4, -0.2) is 30.9 Å². The molecule has 0 aromatic carbocycles. The molecule has 110 valence electrons. The predicted molar refractivity (Wildman–Crippen MR) is 82.4 cm³/mol. The molecule has 3 aromatic rings. The van der Waals surface area contributed by atoms with E-state index >= 15 is 0 Å². The maximum absolute atomic E-state index is 4.56. The minimum absolute atomic E-state index is 0.414. The topological polar surface area (TPSA) is 60.0 Å². The predicted octanol–water partition coefficient (Wildman–Crippen LogP) is 2.55. The van der Waals surface area contributed by atoms with Gasteiger partial charge in [-0.2, -0.15) is 10.2 Å². The van der Waals surface area contributed by atoms with Crippen LogP contribution in [0.3, 0.4) is 0 Å². The third kappa shape index (κ3) is 3.04. The monoisotopic (exact) mass is 284 g/mol. The van der Waals surface area contributed by atoms with Crippen LogP contribution in [0.1, 0.15) is 31.9 Å². The van der Waals surface area contributed by atoms with Gasteiger partial charge in [0.25, 0.3) is 0 Å². The minimum atomic E-state index is 0.414. The summed E-state index contributed by atoms with van der Waals surface area (Å²) in [5, 5.41) is 12.1. The van der Waals surface area contributed by atoms with Crippen molar-refractivity contribution in [2.45, 2.75) is 32.7 Å². The van der Waals surface area contributed by atoms with E-state index in [1.165, 1.54) is 0 Å². The third-order valence-electron chi connectivity index (χ3n) is 3.42. The van der Waals surface area contributed by atoms with Gasteiger partial charge in [0.1, 0.15) is 5.52 Å². The molecule has 0 saturated carbocycles. The van der Waals surface area contributed by atoms with Crippen molar-refractivity contribution >= 4 is 11.3 Å². The quantitative estimate of drug-likeness (QED) is 0.707. The van der Waals surface area contributed by atoms with Gasteiger partial charge in [-0.05, 0) is 24.5 Å². The van der Waals surface area contributed by atoms with Gasteiger partial charge in [-0.3, -0.25) is 4.68 Å². The number of aryl methyl sites for hydroxylation is 1. The summed E-state index contributed by atoms with van der Waals surface area (Å²) < 4.78 is 3.82. The molecule has 0 saturated heterocycles. The lowest BCUT2D eigenvalue weighted by Crippen LogP contribution is -2.08. The lowest BCUT2D eigenvalue weighted by atomic mass is 10.1. The van der Waals surface area contributed by atoms with E-state index in [-0.39, 0.29) is 0 Å². The van der Waals surface area contributed by atoms with Gasteiger partial charge >= 0.3 is 0 Å². The summed E-state index contributed by atoms with van der Waals surface area (Å²) in [6.07, 6.45) is 8.44. The second-order valence-corrected chi connectivity index (χ2v) is 5.38. The molecule has 0 atom stereocenters. The summed E-state index contributed by atoms with van der Waals surface area (Å²) in [5.41, 5.74) is 2.11. The second-order valence-electron chi connectivity index (χ2n) is 5.38. The van der Waals surface area contributed by atoms with Crippen molar-refractivity contribution in [3.63, 3.8) is 0 Å². The van der Waals surface area contributed by atoms with Gasteiger partial charge in [0.15, 0.2) is 5.82 Å². The number of aromatic nitrogens is 5. The molecule has 6 heteroatoms. The van der Waals surface area contributed by atoms with Crippen LogP contribution < -0.4 is 5.32 Å². The molecule has 3 heterocycles. The zero-order valence-electron chi connectivity index (χ0n) is 12.4. The van der Waals surface area contributed by atoms with Crippen LogP contribution >= 0.6 is 0 Å². The maximum Gasteiger partial charge on any atom is 0.152 e. The second kappa shape index (κ2) is 5.95. The van der Waals surface area contributed by atoms with Gasteiger partial charge in [0.2, 0.25) is 0 Å². The Morgan fingerprint density at radius 3 is 2.90 bits per heavy atom. The fourth-order valence-electron chi connectivity index (χ4n) is 2.24. The lowest BCUT2D eigenvalue weighted by Gasteiger charge is -2.06. The zero-order chi connectivity index (χ0) is 14.7. The molecule has 0 aliphatic rings.